The topological polar surface area (TPSA) is 98.9 Å². The summed E-state index contributed by atoms with van der Waals surface area (Å²) >= 11 is 0. The zero-order chi connectivity index (χ0) is 13.9. The summed E-state index contributed by atoms with van der Waals surface area (Å²) in [6, 6.07) is 1.72. The number of carbonyl (C=O) groups is 1. The molecule has 0 aliphatic heterocycles. The van der Waals surface area contributed by atoms with Gasteiger partial charge < -0.3 is 10.4 Å². The minimum absolute atomic E-state index is 0.334. The molecule has 0 aromatic carbocycles. The molecule has 0 fully saturated rings. The second kappa shape index (κ2) is 5.45. The van der Waals surface area contributed by atoms with E-state index in [1.165, 1.54) is 0 Å². The summed E-state index contributed by atoms with van der Waals surface area (Å²) < 4.78 is 0. The van der Waals surface area contributed by atoms with Gasteiger partial charge in [0.05, 0.1) is 11.6 Å². The van der Waals surface area contributed by atoms with Crippen molar-refractivity contribution in [1.82, 2.24) is 10.2 Å². The zero-order valence-electron chi connectivity index (χ0n) is 10.9. The van der Waals surface area contributed by atoms with Gasteiger partial charge in [-0.05, 0) is 33.3 Å². The number of aromatic nitrogens is 2. The first kappa shape index (κ1) is 13.9. The summed E-state index contributed by atoms with van der Waals surface area (Å²) in [4.78, 5) is 10.9. The van der Waals surface area contributed by atoms with E-state index in [1.54, 1.807) is 27.7 Å². The Labute approximate surface area is 106 Å². The Morgan fingerprint density at radius 1 is 1.39 bits per heavy atom. The second-order valence-corrected chi connectivity index (χ2v) is 4.31. The largest absolute Gasteiger partial charge is 0.481 e. The maximum atomic E-state index is 10.9. The number of aliphatic carboxylic acids is 1. The van der Waals surface area contributed by atoms with Crippen molar-refractivity contribution in [3.63, 3.8) is 0 Å². The molecule has 0 bridgehead atoms. The highest BCUT2D eigenvalue weighted by Gasteiger charge is 2.21. The van der Waals surface area contributed by atoms with Crippen LogP contribution in [0.15, 0.2) is 0 Å². The van der Waals surface area contributed by atoms with E-state index in [2.05, 4.69) is 21.6 Å². The third-order valence-electron chi connectivity index (χ3n) is 3.07. The van der Waals surface area contributed by atoms with Gasteiger partial charge in [-0.25, -0.2) is 0 Å². The molecule has 0 radical (unpaired) electrons. The molecule has 2 atom stereocenters. The summed E-state index contributed by atoms with van der Waals surface area (Å²) in [5, 5.41) is 28.8. The molecule has 0 aliphatic carbocycles. The molecule has 6 nitrogen and oxygen atoms in total. The Morgan fingerprint density at radius 2 is 2.00 bits per heavy atom. The lowest BCUT2D eigenvalue weighted by molar-refractivity contribution is -0.141. The van der Waals surface area contributed by atoms with Gasteiger partial charge in [-0.2, -0.15) is 10.4 Å². The lowest BCUT2D eigenvalue weighted by Crippen LogP contribution is -2.30. The molecule has 1 rings (SSSR count). The van der Waals surface area contributed by atoms with Crippen LogP contribution in [0.4, 0.5) is 5.82 Å². The van der Waals surface area contributed by atoms with Crippen LogP contribution in [0.25, 0.3) is 0 Å². The van der Waals surface area contributed by atoms with E-state index in [0.717, 1.165) is 5.56 Å². The fraction of sp³-hybridized carbons (Fsp3) is 0.500. The Kier molecular flexibility index (Phi) is 4.21. The van der Waals surface area contributed by atoms with Crippen LogP contribution in [0.5, 0.6) is 0 Å². The molecule has 0 aliphatic rings. The van der Waals surface area contributed by atoms with Gasteiger partial charge in [0, 0.05) is 6.04 Å². The Morgan fingerprint density at radius 3 is 2.50 bits per heavy atom. The highest BCUT2D eigenvalue weighted by atomic mass is 16.4. The average molecular weight is 248 g/mol. The number of carboxylic acids is 1. The van der Waals surface area contributed by atoms with Crippen molar-refractivity contribution in [2.75, 3.05) is 5.32 Å². The highest BCUT2D eigenvalue weighted by Crippen LogP contribution is 2.19. The third kappa shape index (κ3) is 2.74. The van der Waals surface area contributed by atoms with E-state index in [4.69, 9.17) is 10.4 Å². The highest BCUT2D eigenvalue weighted by molar-refractivity contribution is 5.71. The molecule has 0 spiro atoms. The Balaban J connectivity index is 3.03. The van der Waals surface area contributed by atoms with Gasteiger partial charge in [0.15, 0.2) is 5.82 Å². The normalized spacial score (nSPS) is 13.5. The van der Waals surface area contributed by atoms with Crippen molar-refractivity contribution < 1.29 is 9.90 Å². The molecular formula is C12H16N4O2. The van der Waals surface area contributed by atoms with Crippen LogP contribution in [0.3, 0.4) is 0 Å². The van der Waals surface area contributed by atoms with Crippen molar-refractivity contribution in [3.05, 3.63) is 16.8 Å². The van der Waals surface area contributed by atoms with Crippen molar-refractivity contribution >= 4 is 11.8 Å². The quantitative estimate of drug-likeness (QED) is 0.837. The van der Waals surface area contributed by atoms with Gasteiger partial charge in [-0.1, -0.05) is 0 Å². The predicted octanol–water partition coefficient (Wildman–Crippen LogP) is 1.49. The number of nitrogens with zero attached hydrogens (tertiary/aromatic N) is 3. The van der Waals surface area contributed by atoms with Crippen LogP contribution in [0.1, 0.15) is 30.7 Å². The van der Waals surface area contributed by atoms with Crippen LogP contribution >= 0.6 is 0 Å². The molecule has 2 N–H and O–H groups in total. The first-order valence-corrected chi connectivity index (χ1v) is 5.61. The van der Waals surface area contributed by atoms with Gasteiger partial charge in [0.1, 0.15) is 11.6 Å². The molecule has 1 aromatic rings. The SMILES string of the molecule is Cc1nnc(NC(C)C(C)C(=O)O)c(C#N)c1C. The first-order valence-electron chi connectivity index (χ1n) is 5.61. The van der Waals surface area contributed by atoms with Crippen LogP contribution in [0, 0.1) is 31.1 Å². The number of nitriles is 1. The number of nitrogens with one attached hydrogen (secondary N) is 1. The number of aryl methyl sites for hydroxylation is 1. The number of anilines is 1. The Bertz CT molecular complexity index is 508. The minimum Gasteiger partial charge on any atom is -0.481 e. The van der Waals surface area contributed by atoms with E-state index < -0.39 is 11.9 Å². The van der Waals surface area contributed by atoms with Crippen LogP contribution in [-0.2, 0) is 4.79 Å². The molecule has 96 valence electrons. The van der Waals surface area contributed by atoms with E-state index in [1.807, 2.05) is 0 Å². The van der Waals surface area contributed by atoms with Crippen LogP contribution in [0.2, 0.25) is 0 Å². The molecule has 0 saturated carbocycles. The van der Waals surface area contributed by atoms with Gasteiger partial charge in [0.2, 0.25) is 0 Å². The van der Waals surface area contributed by atoms with E-state index in [-0.39, 0.29) is 6.04 Å². The van der Waals surface area contributed by atoms with Gasteiger partial charge in [-0.15, -0.1) is 5.10 Å². The monoisotopic (exact) mass is 248 g/mol. The fourth-order valence-electron chi connectivity index (χ4n) is 1.40. The maximum absolute atomic E-state index is 10.9. The smallest absolute Gasteiger partial charge is 0.308 e. The third-order valence-corrected chi connectivity index (χ3v) is 3.07. The summed E-state index contributed by atoms with van der Waals surface area (Å²) in [7, 11) is 0. The van der Waals surface area contributed by atoms with E-state index >= 15 is 0 Å². The van der Waals surface area contributed by atoms with Crippen LogP contribution < -0.4 is 5.32 Å². The maximum Gasteiger partial charge on any atom is 0.308 e. The molecule has 18 heavy (non-hydrogen) atoms. The lowest BCUT2D eigenvalue weighted by Gasteiger charge is -2.19. The standard InChI is InChI=1S/C12H16N4O2/c1-6-9(4)15-16-11(10(6)5-13)14-8(3)7(2)12(17)18/h7-8H,1-4H3,(H,14,16)(H,17,18). The van der Waals surface area contributed by atoms with Crippen molar-refractivity contribution in [2.45, 2.75) is 33.7 Å². The fourth-order valence-corrected chi connectivity index (χ4v) is 1.40. The average Bonchev–Trinajstić information content (AvgIpc) is 2.33. The van der Waals surface area contributed by atoms with Gasteiger partial charge in [0.25, 0.3) is 0 Å². The molecule has 1 aromatic heterocycles. The molecule has 1 heterocycles. The van der Waals surface area contributed by atoms with Crippen molar-refractivity contribution in [1.29, 1.82) is 5.26 Å². The summed E-state index contributed by atoms with van der Waals surface area (Å²) in [6.07, 6.45) is 0. The van der Waals surface area contributed by atoms with Gasteiger partial charge in [-0.3, -0.25) is 4.79 Å². The summed E-state index contributed by atoms with van der Waals surface area (Å²) in [6.45, 7) is 6.90. The zero-order valence-corrected chi connectivity index (χ0v) is 10.9. The molecule has 0 saturated heterocycles. The van der Waals surface area contributed by atoms with Gasteiger partial charge >= 0.3 is 5.97 Å². The van der Waals surface area contributed by atoms with E-state index in [9.17, 15) is 4.79 Å². The molecular weight excluding hydrogens is 232 g/mol. The molecule has 6 heteroatoms. The Hall–Kier alpha value is -2.16. The number of rotatable bonds is 4. The second-order valence-electron chi connectivity index (χ2n) is 4.31. The number of hydrogen-bond donors (Lipinski definition) is 2. The number of carboxylic acid groups (broad SMARTS) is 1. The van der Waals surface area contributed by atoms with Crippen LogP contribution in [-0.4, -0.2) is 27.3 Å². The molecule has 2 unspecified atom stereocenters. The molecule has 0 amide bonds. The summed E-state index contributed by atoms with van der Waals surface area (Å²) in [5.74, 6) is -1.15. The lowest BCUT2D eigenvalue weighted by atomic mass is 10.0. The van der Waals surface area contributed by atoms with Crippen molar-refractivity contribution in [3.8, 4) is 6.07 Å². The first-order chi connectivity index (χ1) is 8.38. The number of hydrogen-bond acceptors (Lipinski definition) is 5. The van der Waals surface area contributed by atoms with Crippen molar-refractivity contribution in [2.24, 2.45) is 5.92 Å². The minimum atomic E-state index is -0.898. The predicted molar refractivity (Wildman–Crippen MR) is 66.1 cm³/mol. The summed E-state index contributed by atoms with van der Waals surface area (Å²) in [5.41, 5.74) is 1.85. The van der Waals surface area contributed by atoms with E-state index in [0.29, 0.717) is 17.1 Å².